The van der Waals surface area contributed by atoms with Crippen LogP contribution in [0.3, 0.4) is 0 Å². The number of hydrogen-bond donors (Lipinski definition) is 2. The highest BCUT2D eigenvalue weighted by molar-refractivity contribution is 9.10. The lowest BCUT2D eigenvalue weighted by molar-refractivity contribution is -0.142. The molecular formula is C14H16BrN3O2. The number of halogens is 1. The third-order valence-corrected chi connectivity index (χ3v) is 4.35. The van der Waals surface area contributed by atoms with Crippen molar-refractivity contribution in [3.05, 3.63) is 33.8 Å². The first-order chi connectivity index (χ1) is 9.44. The molecule has 1 aromatic rings. The molecule has 1 aliphatic heterocycles. The van der Waals surface area contributed by atoms with E-state index in [2.05, 4.69) is 22.0 Å². The molecule has 1 aliphatic rings. The van der Waals surface area contributed by atoms with Crippen LogP contribution in [0, 0.1) is 11.3 Å². The van der Waals surface area contributed by atoms with E-state index in [-0.39, 0.29) is 6.54 Å². The van der Waals surface area contributed by atoms with Crippen LogP contribution in [0.25, 0.3) is 0 Å². The number of amides is 1. The lowest BCUT2D eigenvalue weighted by Gasteiger charge is -2.37. The van der Waals surface area contributed by atoms with Crippen LogP contribution >= 0.6 is 15.9 Å². The quantitative estimate of drug-likeness (QED) is 0.865. The number of piperidine rings is 1. The molecule has 1 heterocycles. The Hall–Kier alpha value is -1.42. The zero-order valence-electron chi connectivity index (χ0n) is 11.0. The topological polar surface area (TPSA) is 90.3 Å². The molecule has 0 saturated carbocycles. The Morgan fingerprint density at radius 1 is 1.60 bits per heavy atom. The summed E-state index contributed by atoms with van der Waals surface area (Å²) in [6.07, 6.45) is 1.12. The van der Waals surface area contributed by atoms with Gasteiger partial charge in [-0.1, -0.05) is 15.9 Å². The van der Waals surface area contributed by atoms with Crippen molar-refractivity contribution in [2.24, 2.45) is 5.73 Å². The van der Waals surface area contributed by atoms with Gasteiger partial charge in [0, 0.05) is 17.6 Å². The molecule has 6 heteroatoms. The lowest BCUT2D eigenvalue weighted by atomic mass is 9.92. The standard InChI is InChI=1S/C14H16BrN3O2/c15-12-3-2-10(7-16)6-11(12)8-18-5-1-4-14(20,9-18)13(17)19/h2-3,6,20H,1,4-5,8-9H2,(H2,17,19)/t14-/m1/s1. The fourth-order valence-electron chi connectivity index (χ4n) is 2.47. The molecule has 3 N–H and O–H groups in total. The second kappa shape index (κ2) is 5.92. The molecule has 0 bridgehead atoms. The number of nitrogens with two attached hydrogens (primary N) is 1. The summed E-state index contributed by atoms with van der Waals surface area (Å²) < 4.78 is 0.907. The maximum atomic E-state index is 11.3. The number of β-amino-alcohol motifs (C(OH)–C–C–N with tert-alkyl or cyclic N) is 1. The first-order valence-corrected chi connectivity index (χ1v) is 7.17. The predicted molar refractivity (Wildman–Crippen MR) is 77.5 cm³/mol. The maximum Gasteiger partial charge on any atom is 0.250 e. The first-order valence-electron chi connectivity index (χ1n) is 6.38. The third-order valence-electron chi connectivity index (χ3n) is 3.58. The number of carbonyl (C=O) groups excluding carboxylic acids is 1. The van der Waals surface area contributed by atoms with Crippen LogP contribution in [-0.4, -0.2) is 34.6 Å². The Morgan fingerprint density at radius 3 is 3.00 bits per heavy atom. The SMILES string of the molecule is N#Cc1ccc(Br)c(CN2CCC[C@](O)(C(N)=O)C2)c1. The van der Waals surface area contributed by atoms with E-state index < -0.39 is 11.5 Å². The van der Waals surface area contributed by atoms with Gasteiger partial charge in [0.25, 0.3) is 5.91 Å². The zero-order chi connectivity index (χ0) is 14.8. The summed E-state index contributed by atoms with van der Waals surface area (Å²) in [4.78, 5) is 13.3. The van der Waals surface area contributed by atoms with Gasteiger partial charge in [-0.3, -0.25) is 9.69 Å². The average Bonchev–Trinajstić information content (AvgIpc) is 2.41. The number of likely N-dealkylation sites (tertiary alicyclic amines) is 1. The summed E-state index contributed by atoms with van der Waals surface area (Å²) in [6.45, 7) is 1.58. The normalized spacial score (nSPS) is 23.2. The van der Waals surface area contributed by atoms with Gasteiger partial charge in [-0.15, -0.1) is 0 Å². The number of primary amides is 1. The molecular weight excluding hydrogens is 322 g/mol. The largest absolute Gasteiger partial charge is 0.379 e. The predicted octanol–water partition coefficient (Wildman–Crippen LogP) is 1.13. The molecule has 1 amide bonds. The first kappa shape index (κ1) is 15.0. The van der Waals surface area contributed by atoms with Crippen LogP contribution in [-0.2, 0) is 11.3 Å². The van der Waals surface area contributed by atoms with Gasteiger partial charge < -0.3 is 10.8 Å². The van der Waals surface area contributed by atoms with E-state index in [0.29, 0.717) is 18.5 Å². The van der Waals surface area contributed by atoms with E-state index in [0.717, 1.165) is 23.0 Å². The molecule has 0 radical (unpaired) electrons. The van der Waals surface area contributed by atoms with Crippen LogP contribution in [0.2, 0.25) is 0 Å². The van der Waals surface area contributed by atoms with Gasteiger partial charge in [-0.05, 0) is 43.1 Å². The molecule has 0 aliphatic carbocycles. The van der Waals surface area contributed by atoms with Crippen LogP contribution < -0.4 is 5.73 Å². The van der Waals surface area contributed by atoms with Crippen molar-refractivity contribution in [3.63, 3.8) is 0 Å². The van der Waals surface area contributed by atoms with Crippen molar-refractivity contribution in [1.82, 2.24) is 4.90 Å². The van der Waals surface area contributed by atoms with E-state index in [9.17, 15) is 9.90 Å². The summed E-state index contributed by atoms with van der Waals surface area (Å²) in [5.74, 6) is -0.674. The fourth-order valence-corrected chi connectivity index (χ4v) is 2.84. The van der Waals surface area contributed by atoms with Crippen molar-refractivity contribution >= 4 is 21.8 Å². The van der Waals surface area contributed by atoms with Crippen LogP contribution in [0.4, 0.5) is 0 Å². The monoisotopic (exact) mass is 337 g/mol. The molecule has 5 nitrogen and oxygen atoms in total. The summed E-state index contributed by atoms with van der Waals surface area (Å²) in [5, 5.41) is 19.1. The number of nitriles is 1. The van der Waals surface area contributed by atoms with Crippen molar-refractivity contribution in [2.45, 2.75) is 25.0 Å². The van der Waals surface area contributed by atoms with Gasteiger partial charge in [0.15, 0.2) is 5.60 Å². The molecule has 0 aromatic heterocycles. The van der Waals surface area contributed by atoms with E-state index in [1.807, 2.05) is 17.0 Å². The molecule has 1 fully saturated rings. The van der Waals surface area contributed by atoms with Gasteiger partial charge in [0.2, 0.25) is 0 Å². The van der Waals surface area contributed by atoms with Crippen LogP contribution in [0.1, 0.15) is 24.0 Å². The average molecular weight is 338 g/mol. The van der Waals surface area contributed by atoms with E-state index in [1.165, 1.54) is 0 Å². The molecule has 106 valence electrons. The van der Waals surface area contributed by atoms with E-state index in [4.69, 9.17) is 11.0 Å². The Bertz CT molecular complexity index is 570. The molecule has 1 aromatic carbocycles. The fraction of sp³-hybridized carbons (Fsp3) is 0.429. The highest BCUT2D eigenvalue weighted by Gasteiger charge is 2.38. The van der Waals surface area contributed by atoms with Crippen molar-refractivity contribution in [3.8, 4) is 6.07 Å². The number of nitrogens with zero attached hydrogens (tertiary/aromatic N) is 2. The Labute approximate surface area is 126 Å². The molecule has 0 spiro atoms. The van der Waals surface area contributed by atoms with Crippen molar-refractivity contribution < 1.29 is 9.90 Å². The van der Waals surface area contributed by atoms with Gasteiger partial charge in [0.1, 0.15) is 0 Å². The third kappa shape index (κ3) is 3.18. The number of rotatable bonds is 3. The Balaban J connectivity index is 2.14. The Kier molecular flexibility index (Phi) is 4.43. The lowest BCUT2D eigenvalue weighted by Crippen LogP contribution is -2.55. The van der Waals surface area contributed by atoms with Crippen LogP contribution in [0.5, 0.6) is 0 Å². The highest BCUT2D eigenvalue weighted by Crippen LogP contribution is 2.25. The summed E-state index contributed by atoms with van der Waals surface area (Å²) in [5.41, 5.74) is 5.36. The van der Waals surface area contributed by atoms with Gasteiger partial charge in [-0.2, -0.15) is 5.26 Å². The van der Waals surface area contributed by atoms with Gasteiger partial charge >= 0.3 is 0 Å². The minimum absolute atomic E-state index is 0.228. The second-order valence-corrected chi connectivity index (χ2v) is 5.98. The number of aliphatic hydroxyl groups is 1. The molecule has 0 unspecified atom stereocenters. The maximum absolute atomic E-state index is 11.3. The molecule has 1 atom stereocenters. The minimum Gasteiger partial charge on any atom is -0.379 e. The second-order valence-electron chi connectivity index (χ2n) is 5.13. The zero-order valence-corrected chi connectivity index (χ0v) is 12.6. The van der Waals surface area contributed by atoms with Crippen molar-refractivity contribution in [2.75, 3.05) is 13.1 Å². The minimum atomic E-state index is -1.45. The smallest absolute Gasteiger partial charge is 0.250 e. The number of hydrogen-bond acceptors (Lipinski definition) is 4. The van der Waals surface area contributed by atoms with Gasteiger partial charge in [-0.25, -0.2) is 0 Å². The summed E-state index contributed by atoms with van der Waals surface area (Å²) in [7, 11) is 0. The summed E-state index contributed by atoms with van der Waals surface area (Å²) >= 11 is 3.45. The van der Waals surface area contributed by atoms with Crippen molar-refractivity contribution in [1.29, 1.82) is 5.26 Å². The highest BCUT2D eigenvalue weighted by atomic mass is 79.9. The molecule has 1 saturated heterocycles. The Morgan fingerprint density at radius 2 is 2.35 bits per heavy atom. The summed E-state index contributed by atoms with van der Waals surface area (Å²) in [6, 6.07) is 7.48. The van der Waals surface area contributed by atoms with Gasteiger partial charge in [0.05, 0.1) is 11.6 Å². The number of benzene rings is 1. The van der Waals surface area contributed by atoms with E-state index in [1.54, 1.807) is 6.07 Å². The molecule has 20 heavy (non-hydrogen) atoms. The van der Waals surface area contributed by atoms with Crippen LogP contribution in [0.15, 0.2) is 22.7 Å². The molecule has 2 rings (SSSR count). The van der Waals surface area contributed by atoms with E-state index >= 15 is 0 Å². The number of carbonyl (C=O) groups is 1.